The maximum atomic E-state index is 13.7. The van der Waals surface area contributed by atoms with Crippen molar-refractivity contribution in [3.8, 4) is 0 Å². The summed E-state index contributed by atoms with van der Waals surface area (Å²) < 4.78 is 41.0. The molecule has 1 fully saturated rings. The van der Waals surface area contributed by atoms with Crippen LogP contribution in [-0.2, 0) is 11.2 Å². The lowest BCUT2D eigenvalue weighted by molar-refractivity contribution is -0.194. The highest BCUT2D eigenvalue weighted by molar-refractivity contribution is 5.77. The molecule has 3 rings (SSSR count). The molecular weight excluding hydrogens is 381 g/mol. The Hall–Kier alpha value is -2.41. The highest BCUT2D eigenvalue weighted by Crippen LogP contribution is 2.66. The second-order valence-electron chi connectivity index (χ2n) is 7.84. The van der Waals surface area contributed by atoms with Gasteiger partial charge in [-0.25, -0.2) is 0 Å². The van der Waals surface area contributed by atoms with Crippen molar-refractivity contribution in [2.24, 2.45) is 5.41 Å². The number of pyridine rings is 1. The topological polar surface area (TPSA) is 62.2 Å². The van der Waals surface area contributed by atoms with Gasteiger partial charge in [0, 0.05) is 37.7 Å². The van der Waals surface area contributed by atoms with E-state index < -0.39 is 29.5 Å². The zero-order chi connectivity index (χ0) is 21.1. The molecule has 2 aromatic rings. The van der Waals surface area contributed by atoms with Gasteiger partial charge in [0.25, 0.3) is 0 Å². The fourth-order valence-corrected chi connectivity index (χ4v) is 3.75. The van der Waals surface area contributed by atoms with E-state index in [9.17, 15) is 23.1 Å². The van der Waals surface area contributed by atoms with Crippen molar-refractivity contribution in [3.63, 3.8) is 0 Å². The molecule has 7 heteroatoms. The number of hydrogen-bond acceptors (Lipinski definition) is 3. The second-order valence-corrected chi connectivity index (χ2v) is 7.84. The van der Waals surface area contributed by atoms with Crippen molar-refractivity contribution in [3.05, 3.63) is 65.5 Å². The Morgan fingerprint density at radius 1 is 1.17 bits per heavy atom. The summed E-state index contributed by atoms with van der Waals surface area (Å²) in [5.74, 6) is -1.45. The number of amides is 1. The van der Waals surface area contributed by atoms with Crippen LogP contribution in [0.4, 0.5) is 13.2 Å². The van der Waals surface area contributed by atoms with Crippen LogP contribution in [-0.4, -0.2) is 34.8 Å². The zero-order valence-corrected chi connectivity index (χ0v) is 16.2. The number of halogens is 3. The molecule has 1 aliphatic rings. The number of benzene rings is 1. The lowest BCUT2D eigenvalue weighted by Gasteiger charge is -2.29. The number of rotatable bonds is 8. The second kappa shape index (κ2) is 8.53. The minimum Gasteiger partial charge on any atom is -0.391 e. The van der Waals surface area contributed by atoms with E-state index in [0.29, 0.717) is 12.0 Å². The summed E-state index contributed by atoms with van der Waals surface area (Å²) in [5.41, 5.74) is 0.648. The number of carbonyl (C=O) groups is 1. The highest BCUT2D eigenvalue weighted by Gasteiger charge is 2.67. The quantitative estimate of drug-likeness (QED) is 0.698. The standard InChI is InChI=1S/C22H25F3N2O2/c1-15-2-4-16(5-3-15)12-18(28)14-27-20(29)13-19(17-6-10-26-11-7-17)21(8-9-21)22(23,24)25/h2-7,10-11,18-19,28H,8-9,12-14H2,1H3,(H,27,29)/t18-,19?/m0/s1. The Labute approximate surface area is 168 Å². The lowest BCUT2D eigenvalue weighted by Crippen LogP contribution is -2.37. The first-order chi connectivity index (χ1) is 13.7. The molecule has 1 aromatic heterocycles. The van der Waals surface area contributed by atoms with E-state index in [1.165, 1.54) is 24.5 Å². The average Bonchev–Trinajstić information content (AvgIpc) is 3.49. The predicted molar refractivity (Wildman–Crippen MR) is 103 cm³/mol. The first-order valence-electron chi connectivity index (χ1n) is 9.68. The largest absolute Gasteiger partial charge is 0.395 e. The van der Waals surface area contributed by atoms with E-state index >= 15 is 0 Å². The number of hydrogen-bond donors (Lipinski definition) is 2. The van der Waals surface area contributed by atoms with Gasteiger partial charge >= 0.3 is 6.18 Å². The molecule has 0 aliphatic heterocycles. The Kier molecular flexibility index (Phi) is 6.27. The van der Waals surface area contributed by atoms with Crippen LogP contribution in [0, 0.1) is 12.3 Å². The molecule has 0 spiro atoms. The predicted octanol–water partition coefficient (Wildman–Crippen LogP) is 3.93. The Balaban J connectivity index is 1.61. The fraction of sp³-hybridized carbons (Fsp3) is 0.455. The van der Waals surface area contributed by atoms with Crippen molar-refractivity contribution in [1.82, 2.24) is 10.3 Å². The minimum absolute atomic E-state index is 0.00517. The highest BCUT2D eigenvalue weighted by atomic mass is 19.4. The summed E-state index contributed by atoms with van der Waals surface area (Å²) >= 11 is 0. The lowest BCUT2D eigenvalue weighted by atomic mass is 9.80. The van der Waals surface area contributed by atoms with Crippen molar-refractivity contribution in [1.29, 1.82) is 0 Å². The normalized spacial score (nSPS) is 17.4. The molecule has 2 N–H and O–H groups in total. The van der Waals surface area contributed by atoms with E-state index in [2.05, 4.69) is 10.3 Å². The molecule has 1 aliphatic carbocycles. The molecule has 156 valence electrons. The number of aromatic nitrogens is 1. The van der Waals surface area contributed by atoms with Crippen LogP contribution in [0.15, 0.2) is 48.8 Å². The van der Waals surface area contributed by atoms with Gasteiger partial charge in [-0.05, 0) is 43.0 Å². The first kappa shape index (κ1) is 21.3. The van der Waals surface area contributed by atoms with Crippen LogP contribution in [0.25, 0.3) is 0 Å². The molecule has 0 bridgehead atoms. The van der Waals surface area contributed by atoms with E-state index in [4.69, 9.17) is 0 Å². The van der Waals surface area contributed by atoms with Gasteiger partial charge in [-0.2, -0.15) is 13.2 Å². The van der Waals surface area contributed by atoms with Crippen LogP contribution in [0.1, 0.15) is 41.9 Å². The number of nitrogens with one attached hydrogen (secondary N) is 1. The van der Waals surface area contributed by atoms with Gasteiger partial charge in [0.1, 0.15) is 0 Å². The van der Waals surface area contributed by atoms with Gasteiger partial charge < -0.3 is 10.4 Å². The molecule has 1 amide bonds. The Morgan fingerprint density at radius 2 is 1.79 bits per heavy atom. The summed E-state index contributed by atoms with van der Waals surface area (Å²) in [6, 6.07) is 10.8. The molecule has 2 atom stereocenters. The number of alkyl halides is 3. The minimum atomic E-state index is -4.37. The van der Waals surface area contributed by atoms with Crippen LogP contribution in [0.2, 0.25) is 0 Å². The third-order valence-corrected chi connectivity index (χ3v) is 5.65. The molecular formula is C22H25F3N2O2. The van der Waals surface area contributed by atoms with Gasteiger partial charge in [-0.15, -0.1) is 0 Å². The smallest absolute Gasteiger partial charge is 0.391 e. The molecule has 0 saturated heterocycles. The third kappa shape index (κ3) is 5.15. The van der Waals surface area contributed by atoms with Gasteiger partial charge in [0.2, 0.25) is 5.91 Å². The van der Waals surface area contributed by atoms with E-state index in [0.717, 1.165) is 11.1 Å². The van der Waals surface area contributed by atoms with Crippen molar-refractivity contribution >= 4 is 5.91 Å². The monoisotopic (exact) mass is 406 g/mol. The van der Waals surface area contributed by atoms with Crippen LogP contribution in [0.3, 0.4) is 0 Å². The fourth-order valence-electron chi connectivity index (χ4n) is 3.75. The van der Waals surface area contributed by atoms with Gasteiger partial charge in [0.05, 0.1) is 11.5 Å². The SMILES string of the molecule is Cc1ccc(C[C@H](O)CNC(=O)CC(c2ccncc2)C2(C(F)(F)F)CC2)cc1. The molecule has 29 heavy (non-hydrogen) atoms. The molecule has 1 heterocycles. The van der Waals surface area contributed by atoms with Gasteiger partial charge in [-0.3, -0.25) is 9.78 Å². The molecule has 4 nitrogen and oxygen atoms in total. The van der Waals surface area contributed by atoms with Crippen LogP contribution in [0.5, 0.6) is 0 Å². The number of nitrogens with zero attached hydrogens (tertiary/aromatic N) is 1. The number of carbonyl (C=O) groups excluding carboxylic acids is 1. The first-order valence-corrected chi connectivity index (χ1v) is 9.68. The summed E-state index contributed by atoms with van der Waals surface area (Å²) in [4.78, 5) is 16.3. The maximum absolute atomic E-state index is 13.7. The summed E-state index contributed by atoms with van der Waals surface area (Å²) in [7, 11) is 0. The molecule has 0 radical (unpaired) electrons. The van der Waals surface area contributed by atoms with Gasteiger partial charge in [-0.1, -0.05) is 29.8 Å². The van der Waals surface area contributed by atoms with Gasteiger partial charge in [0.15, 0.2) is 0 Å². The van der Waals surface area contributed by atoms with E-state index in [1.807, 2.05) is 31.2 Å². The number of aliphatic hydroxyl groups excluding tert-OH is 1. The summed E-state index contributed by atoms with van der Waals surface area (Å²) in [6.45, 7) is 1.96. The third-order valence-electron chi connectivity index (χ3n) is 5.65. The number of aliphatic hydroxyl groups is 1. The van der Waals surface area contributed by atoms with Crippen molar-refractivity contribution < 1.29 is 23.1 Å². The molecule has 1 unspecified atom stereocenters. The molecule has 1 aromatic carbocycles. The maximum Gasteiger partial charge on any atom is 0.395 e. The zero-order valence-electron chi connectivity index (χ0n) is 16.2. The summed E-state index contributed by atoms with van der Waals surface area (Å²) in [5, 5.41) is 12.8. The number of aryl methyl sites for hydroxylation is 1. The Bertz CT molecular complexity index is 818. The van der Waals surface area contributed by atoms with Crippen molar-refractivity contribution in [2.75, 3.05) is 6.54 Å². The Morgan fingerprint density at radius 3 is 2.34 bits per heavy atom. The van der Waals surface area contributed by atoms with Crippen LogP contribution < -0.4 is 5.32 Å². The average molecular weight is 406 g/mol. The molecule has 1 saturated carbocycles. The van der Waals surface area contributed by atoms with Crippen LogP contribution >= 0.6 is 0 Å². The summed E-state index contributed by atoms with van der Waals surface area (Å²) in [6.07, 6.45) is -2.16. The van der Waals surface area contributed by atoms with Crippen molar-refractivity contribution in [2.45, 2.75) is 50.8 Å². The van der Waals surface area contributed by atoms with E-state index in [1.54, 1.807) is 0 Å². The van der Waals surface area contributed by atoms with E-state index in [-0.39, 0.29) is 25.8 Å².